The summed E-state index contributed by atoms with van der Waals surface area (Å²) in [6.45, 7) is 0. The van der Waals surface area contributed by atoms with Crippen LogP contribution in [0.4, 0.5) is 5.95 Å². The first-order valence-electron chi connectivity index (χ1n) is 4.88. The Hall–Kier alpha value is -1.73. The highest BCUT2D eigenvalue weighted by atomic mass is 35.5. The van der Waals surface area contributed by atoms with Crippen molar-refractivity contribution in [2.45, 2.75) is 4.90 Å². The lowest BCUT2D eigenvalue weighted by Crippen LogP contribution is -2.13. The molecule has 18 heavy (non-hydrogen) atoms. The third-order valence-corrected chi connectivity index (χ3v) is 3.79. The summed E-state index contributed by atoms with van der Waals surface area (Å²) in [7, 11) is -2.26. The smallest absolute Gasteiger partial charge is 0.264 e. The van der Waals surface area contributed by atoms with Gasteiger partial charge in [-0.15, -0.1) is 0 Å². The zero-order valence-electron chi connectivity index (χ0n) is 9.34. The van der Waals surface area contributed by atoms with Gasteiger partial charge >= 0.3 is 0 Å². The summed E-state index contributed by atoms with van der Waals surface area (Å²) >= 11 is 5.88. The molecule has 1 aromatic heterocycles. The highest BCUT2D eigenvalue weighted by molar-refractivity contribution is 7.92. The summed E-state index contributed by atoms with van der Waals surface area (Å²) in [5.74, 6) is 0.551. The normalized spacial score (nSPS) is 11.2. The monoisotopic (exact) mass is 287 g/mol. The number of benzene rings is 1. The Labute approximate surface area is 109 Å². The van der Waals surface area contributed by atoms with Crippen molar-refractivity contribution in [3.8, 4) is 5.75 Å². The van der Waals surface area contributed by atoms with Gasteiger partial charge < -0.3 is 9.72 Å². The third kappa shape index (κ3) is 2.57. The van der Waals surface area contributed by atoms with Crippen molar-refractivity contribution in [3.05, 3.63) is 35.6 Å². The van der Waals surface area contributed by atoms with E-state index in [0.717, 1.165) is 0 Å². The number of anilines is 1. The molecular weight excluding hydrogens is 278 g/mol. The zero-order valence-corrected chi connectivity index (χ0v) is 10.9. The number of aromatic nitrogens is 2. The lowest BCUT2D eigenvalue weighted by atomic mass is 10.3. The van der Waals surface area contributed by atoms with Crippen LogP contribution in [0.2, 0.25) is 5.02 Å². The number of nitrogens with zero attached hydrogens (tertiary/aromatic N) is 1. The Balaban J connectivity index is 2.33. The van der Waals surface area contributed by atoms with Crippen LogP contribution in [0.3, 0.4) is 0 Å². The predicted octanol–water partition coefficient (Wildman–Crippen LogP) is 1.87. The molecule has 2 rings (SSSR count). The maximum absolute atomic E-state index is 12.0. The minimum atomic E-state index is -3.71. The fraction of sp³-hybridized carbons (Fsp3) is 0.100. The number of sulfonamides is 1. The Morgan fingerprint density at radius 1 is 1.44 bits per heavy atom. The van der Waals surface area contributed by atoms with Crippen LogP contribution < -0.4 is 9.46 Å². The van der Waals surface area contributed by atoms with E-state index in [4.69, 9.17) is 16.3 Å². The number of aromatic amines is 1. The van der Waals surface area contributed by atoms with Gasteiger partial charge in [0.2, 0.25) is 5.95 Å². The van der Waals surface area contributed by atoms with Crippen LogP contribution in [0.15, 0.2) is 35.5 Å². The van der Waals surface area contributed by atoms with Crippen LogP contribution in [0, 0.1) is 0 Å². The molecule has 1 heterocycles. The SMILES string of the molecule is COc1ccc(S(=O)(=O)Nc2ncc[nH]2)cc1Cl. The van der Waals surface area contributed by atoms with Crippen LogP contribution in [0.25, 0.3) is 0 Å². The minimum absolute atomic E-state index is 0.0321. The van der Waals surface area contributed by atoms with Crippen molar-refractivity contribution in [3.63, 3.8) is 0 Å². The van der Waals surface area contributed by atoms with Gasteiger partial charge in [0.25, 0.3) is 10.0 Å². The van der Waals surface area contributed by atoms with Gasteiger partial charge in [-0.2, -0.15) is 0 Å². The van der Waals surface area contributed by atoms with E-state index in [-0.39, 0.29) is 15.9 Å². The number of imidazole rings is 1. The summed E-state index contributed by atoms with van der Waals surface area (Å²) in [6.07, 6.45) is 2.96. The summed E-state index contributed by atoms with van der Waals surface area (Å²) in [5.41, 5.74) is 0. The van der Waals surface area contributed by atoms with Gasteiger partial charge in [0.1, 0.15) is 5.75 Å². The number of ether oxygens (including phenoxy) is 1. The Morgan fingerprint density at radius 2 is 2.22 bits per heavy atom. The first-order chi connectivity index (χ1) is 8.53. The average Bonchev–Trinajstić information content (AvgIpc) is 2.81. The number of hydrogen-bond acceptors (Lipinski definition) is 4. The molecule has 0 aliphatic rings. The number of hydrogen-bond donors (Lipinski definition) is 2. The van der Waals surface area contributed by atoms with E-state index < -0.39 is 10.0 Å². The topological polar surface area (TPSA) is 84.1 Å². The Kier molecular flexibility index (Phi) is 3.44. The molecule has 0 spiro atoms. The van der Waals surface area contributed by atoms with Gasteiger partial charge in [-0.3, -0.25) is 0 Å². The number of rotatable bonds is 4. The van der Waals surface area contributed by atoms with Crippen molar-refractivity contribution in [1.29, 1.82) is 0 Å². The van der Waals surface area contributed by atoms with E-state index >= 15 is 0 Å². The molecule has 0 fully saturated rings. The minimum Gasteiger partial charge on any atom is -0.495 e. The molecule has 0 bridgehead atoms. The molecule has 96 valence electrons. The summed E-state index contributed by atoms with van der Waals surface area (Å²) in [4.78, 5) is 6.45. The number of methoxy groups -OCH3 is 1. The molecule has 1 aromatic carbocycles. The van der Waals surface area contributed by atoms with E-state index in [9.17, 15) is 8.42 Å². The van der Waals surface area contributed by atoms with Crippen LogP contribution in [-0.2, 0) is 10.0 Å². The van der Waals surface area contributed by atoms with Crippen LogP contribution in [-0.4, -0.2) is 25.5 Å². The van der Waals surface area contributed by atoms with Gasteiger partial charge in [-0.05, 0) is 18.2 Å². The zero-order chi connectivity index (χ0) is 13.2. The average molecular weight is 288 g/mol. The second kappa shape index (κ2) is 4.87. The lowest BCUT2D eigenvalue weighted by molar-refractivity contribution is 0.414. The molecule has 0 amide bonds. The standard InChI is InChI=1S/C10H10ClN3O3S/c1-17-9-3-2-7(6-8(9)11)18(15,16)14-10-12-4-5-13-10/h2-6H,1H3,(H2,12,13,14). The fourth-order valence-corrected chi connectivity index (χ4v) is 2.65. The highest BCUT2D eigenvalue weighted by Crippen LogP contribution is 2.27. The molecule has 0 radical (unpaired) electrons. The van der Waals surface area contributed by atoms with Crippen LogP contribution in [0.1, 0.15) is 0 Å². The van der Waals surface area contributed by atoms with Crippen molar-refractivity contribution in [2.24, 2.45) is 0 Å². The summed E-state index contributed by atoms with van der Waals surface area (Å²) < 4.78 is 31.2. The quantitative estimate of drug-likeness (QED) is 0.899. The van der Waals surface area contributed by atoms with Crippen molar-refractivity contribution in [2.75, 3.05) is 11.8 Å². The largest absolute Gasteiger partial charge is 0.495 e. The molecule has 6 nitrogen and oxygen atoms in total. The number of halogens is 1. The fourth-order valence-electron chi connectivity index (χ4n) is 1.32. The van der Waals surface area contributed by atoms with E-state index in [1.165, 1.54) is 37.7 Å². The van der Waals surface area contributed by atoms with Gasteiger partial charge in [-0.25, -0.2) is 18.1 Å². The lowest BCUT2D eigenvalue weighted by Gasteiger charge is -2.07. The van der Waals surface area contributed by atoms with Gasteiger partial charge in [-0.1, -0.05) is 11.6 Å². The maximum Gasteiger partial charge on any atom is 0.264 e. The molecule has 0 aliphatic heterocycles. The van der Waals surface area contributed by atoms with E-state index in [2.05, 4.69) is 14.7 Å². The third-order valence-electron chi connectivity index (χ3n) is 2.16. The Morgan fingerprint density at radius 3 is 2.78 bits per heavy atom. The molecule has 8 heteroatoms. The molecular formula is C10H10ClN3O3S. The van der Waals surface area contributed by atoms with Crippen LogP contribution in [0.5, 0.6) is 5.75 Å². The van der Waals surface area contributed by atoms with E-state index in [1.807, 2.05) is 0 Å². The van der Waals surface area contributed by atoms with E-state index in [1.54, 1.807) is 0 Å². The van der Waals surface area contributed by atoms with Gasteiger partial charge in [0.15, 0.2) is 0 Å². The Bertz CT molecular complexity index is 640. The molecule has 2 aromatic rings. The molecule has 0 saturated carbocycles. The molecule has 0 atom stereocenters. The number of nitrogens with one attached hydrogen (secondary N) is 2. The van der Waals surface area contributed by atoms with E-state index in [0.29, 0.717) is 5.75 Å². The second-order valence-electron chi connectivity index (χ2n) is 3.34. The van der Waals surface area contributed by atoms with Crippen molar-refractivity contribution >= 4 is 27.6 Å². The van der Waals surface area contributed by atoms with Crippen LogP contribution >= 0.6 is 11.6 Å². The predicted molar refractivity (Wildman–Crippen MR) is 67.4 cm³/mol. The van der Waals surface area contributed by atoms with Crippen molar-refractivity contribution < 1.29 is 13.2 Å². The first kappa shape index (κ1) is 12.7. The highest BCUT2D eigenvalue weighted by Gasteiger charge is 2.17. The molecule has 0 aliphatic carbocycles. The van der Waals surface area contributed by atoms with Crippen molar-refractivity contribution in [1.82, 2.24) is 9.97 Å². The summed E-state index contributed by atoms with van der Waals surface area (Å²) in [5, 5.41) is 0.222. The van der Waals surface area contributed by atoms with Gasteiger partial charge in [0, 0.05) is 12.4 Å². The maximum atomic E-state index is 12.0. The first-order valence-corrected chi connectivity index (χ1v) is 6.75. The second-order valence-corrected chi connectivity index (χ2v) is 5.43. The number of H-pyrrole nitrogens is 1. The molecule has 0 unspecified atom stereocenters. The molecule has 2 N–H and O–H groups in total. The molecule has 0 saturated heterocycles. The summed E-state index contributed by atoms with van der Waals surface area (Å²) in [6, 6.07) is 4.20. The van der Waals surface area contributed by atoms with Gasteiger partial charge in [0.05, 0.1) is 17.0 Å².